The lowest BCUT2D eigenvalue weighted by atomic mass is 9.87. The van der Waals surface area contributed by atoms with Gasteiger partial charge in [-0.3, -0.25) is 10.1 Å². The van der Waals surface area contributed by atoms with Gasteiger partial charge in [-0.05, 0) is 37.8 Å². The zero-order chi connectivity index (χ0) is 16.7. The molecule has 2 atom stereocenters. The number of benzene rings is 1. The number of esters is 1. The number of carbonyl (C=O) groups excluding carboxylic acids is 2. The van der Waals surface area contributed by atoms with E-state index in [2.05, 4.69) is 0 Å². The van der Waals surface area contributed by atoms with E-state index in [-0.39, 0.29) is 18.8 Å². The molecule has 1 unspecified atom stereocenters. The average molecular weight is 325 g/mol. The van der Waals surface area contributed by atoms with Crippen molar-refractivity contribution < 1.29 is 19.2 Å². The second kappa shape index (κ2) is 8.53. The molecule has 0 bridgehead atoms. The van der Waals surface area contributed by atoms with Gasteiger partial charge in [-0.2, -0.15) is 0 Å². The van der Waals surface area contributed by atoms with Gasteiger partial charge in [0.1, 0.15) is 5.78 Å². The number of nitrogens with zero attached hydrogens (tertiary/aromatic N) is 1. The lowest BCUT2D eigenvalue weighted by molar-refractivity contribution is -0.514. The van der Waals surface area contributed by atoms with E-state index in [1.807, 2.05) is 18.4 Å². The predicted molar refractivity (Wildman–Crippen MR) is 83.7 cm³/mol. The molecular weight excluding hydrogens is 306 g/mol. The van der Waals surface area contributed by atoms with Crippen molar-refractivity contribution in [1.29, 1.82) is 0 Å². The Labute approximate surface area is 133 Å². The molecule has 0 spiro atoms. The van der Waals surface area contributed by atoms with Gasteiger partial charge in [0.25, 0.3) is 0 Å². The van der Waals surface area contributed by atoms with Crippen LogP contribution in [0.25, 0.3) is 0 Å². The molecule has 120 valence electrons. The Bertz CT molecular complexity index is 543. The molecule has 0 saturated heterocycles. The van der Waals surface area contributed by atoms with Crippen LogP contribution in [-0.2, 0) is 14.3 Å². The van der Waals surface area contributed by atoms with Gasteiger partial charge in [-0.15, -0.1) is 11.8 Å². The third-order valence-corrected chi connectivity index (χ3v) is 3.93. The van der Waals surface area contributed by atoms with Crippen molar-refractivity contribution >= 4 is 23.5 Å². The first-order valence-corrected chi connectivity index (χ1v) is 8.06. The summed E-state index contributed by atoms with van der Waals surface area (Å²) in [5.74, 6) is -1.95. The van der Waals surface area contributed by atoms with E-state index in [1.165, 1.54) is 18.7 Å². The van der Waals surface area contributed by atoms with Crippen molar-refractivity contribution in [3.63, 3.8) is 0 Å². The van der Waals surface area contributed by atoms with Gasteiger partial charge < -0.3 is 9.53 Å². The third-order valence-electron chi connectivity index (χ3n) is 3.19. The summed E-state index contributed by atoms with van der Waals surface area (Å²) in [4.78, 5) is 35.1. The highest BCUT2D eigenvalue weighted by Crippen LogP contribution is 2.28. The van der Waals surface area contributed by atoms with Gasteiger partial charge in [-0.25, -0.2) is 4.79 Å². The molecule has 0 N–H and O–H groups in total. The highest BCUT2D eigenvalue weighted by molar-refractivity contribution is 7.98. The number of carbonyl (C=O) groups is 2. The molecule has 0 aliphatic carbocycles. The highest BCUT2D eigenvalue weighted by atomic mass is 32.2. The Hall–Kier alpha value is -1.89. The fraction of sp³-hybridized carbons (Fsp3) is 0.467. The van der Waals surface area contributed by atoms with Gasteiger partial charge in [0, 0.05) is 16.2 Å². The van der Waals surface area contributed by atoms with Gasteiger partial charge in [-0.1, -0.05) is 12.1 Å². The zero-order valence-corrected chi connectivity index (χ0v) is 13.6. The molecule has 0 fully saturated rings. The summed E-state index contributed by atoms with van der Waals surface area (Å²) in [5.41, 5.74) is 0.586. The van der Waals surface area contributed by atoms with E-state index in [4.69, 9.17) is 4.74 Å². The van der Waals surface area contributed by atoms with E-state index >= 15 is 0 Å². The smallest absolute Gasteiger partial charge is 0.382 e. The summed E-state index contributed by atoms with van der Waals surface area (Å²) < 4.78 is 4.80. The van der Waals surface area contributed by atoms with Crippen LogP contribution in [0.15, 0.2) is 29.2 Å². The largest absolute Gasteiger partial charge is 0.461 e. The van der Waals surface area contributed by atoms with E-state index < -0.39 is 22.9 Å². The van der Waals surface area contributed by atoms with Crippen molar-refractivity contribution in [2.24, 2.45) is 0 Å². The van der Waals surface area contributed by atoms with Crippen molar-refractivity contribution in [3.8, 4) is 0 Å². The summed E-state index contributed by atoms with van der Waals surface area (Å²) in [6.07, 6.45) is 1.84. The predicted octanol–water partition coefficient (Wildman–Crippen LogP) is 2.68. The fourth-order valence-corrected chi connectivity index (χ4v) is 2.61. The first kappa shape index (κ1) is 18.2. The maximum Gasteiger partial charge on any atom is 0.382 e. The quantitative estimate of drug-likeness (QED) is 0.316. The summed E-state index contributed by atoms with van der Waals surface area (Å²) in [6.45, 7) is 2.99. The van der Waals surface area contributed by atoms with Crippen LogP contribution >= 0.6 is 11.8 Å². The monoisotopic (exact) mass is 325 g/mol. The minimum Gasteiger partial charge on any atom is -0.461 e. The Balaban J connectivity index is 3.19. The van der Waals surface area contributed by atoms with Gasteiger partial charge >= 0.3 is 12.0 Å². The van der Waals surface area contributed by atoms with E-state index in [1.54, 1.807) is 19.1 Å². The highest BCUT2D eigenvalue weighted by Gasteiger charge is 2.41. The molecule has 22 heavy (non-hydrogen) atoms. The molecule has 0 heterocycles. The topological polar surface area (TPSA) is 86.5 Å². The van der Waals surface area contributed by atoms with Crippen LogP contribution in [0, 0.1) is 10.1 Å². The molecule has 0 aliphatic heterocycles. The molecule has 0 amide bonds. The summed E-state index contributed by atoms with van der Waals surface area (Å²) in [6, 6.07) is 5.48. The van der Waals surface area contributed by atoms with Gasteiger partial charge in [0.2, 0.25) is 0 Å². The zero-order valence-electron chi connectivity index (χ0n) is 12.8. The number of thioether (sulfide) groups is 1. The standard InChI is InChI=1S/C15H19NO5S/c1-4-21-15(18)14(16(19)20)13(9-10(2)17)11-5-7-12(22-3)8-6-11/h5-8,13-14H,4,9H2,1-3H3/t13-,14?/m0/s1. The molecule has 0 radical (unpaired) electrons. The van der Waals surface area contributed by atoms with Gasteiger partial charge in [0.05, 0.1) is 12.5 Å². The first-order valence-electron chi connectivity index (χ1n) is 6.84. The summed E-state index contributed by atoms with van der Waals surface area (Å²) in [7, 11) is 0. The second-order valence-corrected chi connectivity index (χ2v) is 5.65. The maximum absolute atomic E-state index is 11.9. The number of hydrogen-bond acceptors (Lipinski definition) is 6. The maximum atomic E-state index is 11.9. The Morgan fingerprint density at radius 3 is 2.32 bits per heavy atom. The van der Waals surface area contributed by atoms with Crippen LogP contribution in [0.5, 0.6) is 0 Å². The van der Waals surface area contributed by atoms with Crippen molar-refractivity contribution in [2.75, 3.05) is 12.9 Å². The van der Waals surface area contributed by atoms with Crippen LogP contribution in [-0.4, -0.2) is 35.6 Å². The summed E-state index contributed by atoms with van der Waals surface area (Å²) in [5, 5.41) is 11.3. The lowest BCUT2D eigenvalue weighted by Crippen LogP contribution is -2.38. The third kappa shape index (κ3) is 4.84. The molecule has 6 nitrogen and oxygen atoms in total. The molecule has 0 aliphatic rings. The molecule has 1 aromatic carbocycles. The minimum absolute atomic E-state index is 0.0569. The second-order valence-electron chi connectivity index (χ2n) is 4.77. The molecular formula is C15H19NO5S. The molecule has 0 saturated carbocycles. The normalized spacial score (nSPS) is 13.2. The van der Waals surface area contributed by atoms with Crippen LogP contribution in [0.2, 0.25) is 0 Å². The first-order chi connectivity index (χ1) is 10.4. The number of ketones is 1. The Kier molecular flexibility index (Phi) is 7.04. The van der Waals surface area contributed by atoms with Crippen LogP contribution in [0.4, 0.5) is 0 Å². The van der Waals surface area contributed by atoms with E-state index in [9.17, 15) is 19.7 Å². The van der Waals surface area contributed by atoms with Crippen LogP contribution in [0.1, 0.15) is 31.7 Å². The molecule has 1 aromatic rings. The van der Waals surface area contributed by atoms with Crippen molar-refractivity contribution in [1.82, 2.24) is 0 Å². The number of nitro groups is 1. The molecule has 7 heteroatoms. The Morgan fingerprint density at radius 2 is 1.91 bits per heavy atom. The average Bonchev–Trinajstić information content (AvgIpc) is 2.46. The van der Waals surface area contributed by atoms with Crippen molar-refractivity contribution in [3.05, 3.63) is 39.9 Å². The number of hydrogen-bond donors (Lipinski definition) is 0. The summed E-state index contributed by atoms with van der Waals surface area (Å²) >= 11 is 1.54. The van der Waals surface area contributed by atoms with Crippen molar-refractivity contribution in [2.45, 2.75) is 37.1 Å². The van der Waals surface area contributed by atoms with E-state index in [0.29, 0.717) is 5.56 Å². The van der Waals surface area contributed by atoms with Crippen LogP contribution in [0.3, 0.4) is 0 Å². The molecule has 0 aromatic heterocycles. The lowest BCUT2D eigenvalue weighted by Gasteiger charge is -2.19. The Morgan fingerprint density at radius 1 is 1.32 bits per heavy atom. The fourth-order valence-electron chi connectivity index (χ4n) is 2.20. The number of rotatable bonds is 8. The molecule has 1 rings (SSSR count). The minimum atomic E-state index is -1.58. The SMILES string of the molecule is CCOC(=O)C([C@@H](CC(C)=O)c1ccc(SC)cc1)[N+](=O)[O-]. The van der Waals surface area contributed by atoms with E-state index in [0.717, 1.165) is 4.90 Å². The number of ether oxygens (including phenoxy) is 1. The van der Waals surface area contributed by atoms with Gasteiger partial charge in [0.15, 0.2) is 0 Å². The van der Waals surface area contributed by atoms with Crippen LogP contribution < -0.4 is 0 Å². The number of Topliss-reactive ketones (excluding diaryl/α,β-unsaturated/α-hetero) is 1.